The molecule has 0 aromatic carbocycles. The maximum absolute atomic E-state index is 12.7. The lowest BCUT2D eigenvalue weighted by molar-refractivity contribution is 0.102. The van der Waals surface area contributed by atoms with E-state index in [0.29, 0.717) is 4.88 Å². The van der Waals surface area contributed by atoms with Crippen LogP contribution >= 0.6 is 11.3 Å². The first kappa shape index (κ1) is 15.1. The van der Waals surface area contributed by atoms with Crippen molar-refractivity contribution in [3.8, 4) is 0 Å². The monoisotopic (exact) mass is 342 g/mol. The molecule has 0 spiro atoms. The quantitative estimate of drug-likeness (QED) is 0.759. The lowest BCUT2D eigenvalue weighted by Crippen LogP contribution is -2.44. The fourth-order valence-electron chi connectivity index (χ4n) is 2.91. The summed E-state index contributed by atoms with van der Waals surface area (Å²) in [5.41, 5.74) is 1.65. The smallest absolute Gasteiger partial charge is 0.267 e. The zero-order valence-electron chi connectivity index (χ0n) is 13.3. The molecule has 1 fully saturated rings. The van der Waals surface area contributed by atoms with Crippen molar-refractivity contribution in [2.24, 2.45) is 0 Å². The van der Waals surface area contributed by atoms with Gasteiger partial charge in [-0.2, -0.15) is 0 Å². The number of piperazine rings is 1. The van der Waals surface area contributed by atoms with E-state index in [1.54, 1.807) is 18.7 Å². The first-order valence-corrected chi connectivity index (χ1v) is 8.69. The molecule has 7 nitrogen and oxygen atoms in total. The predicted molar refractivity (Wildman–Crippen MR) is 95.1 cm³/mol. The SMILES string of the molecule is Cc1c(C(=O)Nc2cccnc2N2CCNCC2)sc2cncn12. The van der Waals surface area contributed by atoms with Gasteiger partial charge in [0.2, 0.25) is 0 Å². The van der Waals surface area contributed by atoms with Crippen LogP contribution in [0.4, 0.5) is 11.5 Å². The van der Waals surface area contributed by atoms with Gasteiger partial charge in [0.1, 0.15) is 16.0 Å². The summed E-state index contributed by atoms with van der Waals surface area (Å²) in [6.45, 7) is 5.54. The molecule has 1 amide bonds. The number of thiazole rings is 1. The molecule has 0 radical (unpaired) electrons. The molecule has 1 saturated heterocycles. The van der Waals surface area contributed by atoms with Crippen molar-refractivity contribution in [2.45, 2.75) is 6.92 Å². The van der Waals surface area contributed by atoms with Crippen LogP contribution in [0.15, 0.2) is 30.9 Å². The Morgan fingerprint density at radius 3 is 3.00 bits per heavy atom. The number of nitrogens with zero attached hydrogens (tertiary/aromatic N) is 4. The number of nitrogens with one attached hydrogen (secondary N) is 2. The summed E-state index contributed by atoms with van der Waals surface area (Å²) in [5, 5.41) is 6.36. The summed E-state index contributed by atoms with van der Waals surface area (Å²) in [6.07, 6.45) is 5.26. The van der Waals surface area contributed by atoms with Crippen LogP contribution in [0.1, 0.15) is 15.4 Å². The van der Waals surface area contributed by atoms with Gasteiger partial charge >= 0.3 is 0 Å². The van der Waals surface area contributed by atoms with Gasteiger partial charge in [0.25, 0.3) is 5.91 Å². The first-order chi connectivity index (χ1) is 11.7. The van der Waals surface area contributed by atoms with E-state index in [1.165, 1.54) is 11.3 Å². The van der Waals surface area contributed by atoms with Gasteiger partial charge in [0.05, 0.1) is 11.9 Å². The van der Waals surface area contributed by atoms with Gasteiger partial charge in [0.15, 0.2) is 5.82 Å². The second-order valence-corrected chi connectivity index (χ2v) is 6.71. The number of hydrogen-bond donors (Lipinski definition) is 2. The lowest BCUT2D eigenvalue weighted by atomic mass is 10.3. The fraction of sp³-hybridized carbons (Fsp3) is 0.312. The predicted octanol–water partition coefficient (Wildman–Crippen LogP) is 1.76. The number of hydrogen-bond acceptors (Lipinski definition) is 6. The molecular formula is C16H18N6OS. The van der Waals surface area contributed by atoms with Crippen LogP contribution < -0.4 is 15.5 Å². The van der Waals surface area contributed by atoms with Crippen molar-refractivity contribution >= 4 is 33.6 Å². The maximum atomic E-state index is 12.7. The summed E-state index contributed by atoms with van der Waals surface area (Å²) in [5.74, 6) is 0.723. The minimum absolute atomic E-state index is 0.106. The highest BCUT2D eigenvalue weighted by atomic mass is 32.1. The summed E-state index contributed by atoms with van der Waals surface area (Å²) in [7, 11) is 0. The van der Waals surface area contributed by atoms with Gasteiger partial charge in [-0.3, -0.25) is 9.20 Å². The van der Waals surface area contributed by atoms with Crippen molar-refractivity contribution in [1.82, 2.24) is 19.7 Å². The highest BCUT2D eigenvalue weighted by Crippen LogP contribution is 2.27. The van der Waals surface area contributed by atoms with Gasteiger partial charge in [0, 0.05) is 38.1 Å². The van der Waals surface area contributed by atoms with Gasteiger partial charge < -0.3 is 15.5 Å². The number of aromatic nitrogens is 3. The average molecular weight is 342 g/mol. The summed E-state index contributed by atoms with van der Waals surface area (Å²) in [6, 6.07) is 3.75. The summed E-state index contributed by atoms with van der Waals surface area (Å²) < 4.78 is 1.93. The van der Waals surface area contributed by atoms with E-state index in [4.69, 9.17) is 0 Å². The molecule has 0 unspecified atom stereocenters. The Labute approximate surface area is 143 Å². The summed E-state index contributed by atoms with van der Waals surface area (Å²) in [4.78, 5) is 25.2. The molecule has 1 aliphatic heterocycles. The van der Waals surface area contributed by atoms with E-state index in [2.05, 4.69) is 25.5 Å². The number of carbonyl (C=O) groups excluding carboxylic acids is 1. The van der Waals surface area contributed by atoms with E-state index in [0.717, 1.165) is 48.2 Å². The molecule has 3 aromatic heterocycles. The zero-order valence-corrected chi connectivity index (χ0v) is 14.1. The molecule has 2 N–H and O–H groups in total. The van der Waals surface area contributed by atoms with Gasteiger partial charge in [-0.15, -0.1) is 11.3 Å². The van der Waals surface area contributed by atoms with Crippen molar-refractivity contribution in [3.05, 3.63) is 41.4 Å². The van der Waals surface area contributed by atoms with Gasteiger partial charge in [-0.1, -0.05) is 0 Å². The van der Waals surface area contributed by atoms with Gasteiger partial charge in [-0.05, 0) is 19.1 Å². The summed E-state index contributed by atoms with van der Waals surface area (Å²) >= 11 is 1.44. The molecule has 1 aliphatic rings. The Bertz CT molecular complexity index is 880. The number of aryl methyl sites for hydroxylation is 1. The number of anilines is 2. The van der Waals surface area contributed by atoms with E-state index in [-0.39, 0.29) is 5.91 Å². The Hall–Kier alpha value is -2.45. The fourth-order valence-corrected chi connectivity index (χ4v) is 3.91. The third kappa shape index (κ3) is 2.63. The zero-order chi connectivity index (χ0) is 16.5. The van der Waals surface area contributed by atoms with Gasteiger partial charge in [-0.25, -0.2) is 9.97 Å². The number of rotatable bonds is 3. The molecule has 24 heavy (non-hydrogen) atoms. The Balaban J connectivity index is 1.61. The molecule has 4 rings (SSSR count). The minimum Gasteiger partial charge on any atom is -0.352 e. The van der Waals surface area contributed by atoms with Crippen LogP contribution in [-0.4, -0.2) is 46.5 Å². The van der Waals surface area contributed by atoms with Crippen LogP contribution in [0.3, 0.4) is 0 Å². The van der Waals surface area contributed by atoms with Crippen LogP contribution in [0.5, 0.6) is 0 Å². The lowest BCUT2D eigenvalue weighted by Gasteiger charge is -2.29. The van der Waals surface area contributed by atoms with Crippen molar-refractivity contribution in [2.75, 3.05) is 36.4 Å². The molecule has 0 bridgehead atoms. The van der Waals surface area contributed by atoms with Crippen LogP contribution in [0, 0.1) is 6.92 Å². The second-order valence-electron chi connectivity index (χ2n) is 5.68. The second kappa shape index (κ2) is 6.21. The molecule has 4 heterocycles. The number of imidazole rings is 1. The number of fused-ring (bicyclic) bond motifs is 1. The molecule has 0 atom stereocenters. The van der Waals surface area contributed by atoms with E-state index < -0.39 is 0 Å². The van der Waals surface area contributed by atoms with Crippen LogP contribution in [0.2, 0.25) is 0 Å². The normalized spacial score (nSPS) is 15.0. The molecule has 0 aliphatic carbocycles. The Morgan fingerprint density at radius 2 is 2.21 bits per heavy atom. The Morgan fingerprint density at radius 1 is 1.38 bits per heavy atom. The number of pyridine rings is 1. The minimum atomic E-state index is -0.106. The van der Waals surface area contributed by atoms with Crippen LogP contribution in [0.25, 0.3) is 4.83 Å². The van der Waals surface area contributed by atoms with E-state index >= 15 is 0 Å². The molecule has 3 aromatic rings. The van der Waals surface area contributed by atoms with E-state index in [9.17, 15) is 4.79 Å². The third-order valence-electron chi connectivity index (χ3n) is 4.16. The third-order valence-corrected chi connectivity index (χ3v) is 5.35. The molecule has 124 valence electrons. The highest BCUT2D eigenvalue weighted by Gasteiger charge is 2.20. The number of carbonyl (C=O) groups is 1. The Kier molecular flexibility index (Phi) is 3.91. The van der Waals surface area contributed by atoms with Crippen molar-refractivity contribution < 1.29 is 4.79 Å². The van der Waals surface area contributed by atoms with Crippen molar-refractivity contribution in [3.63, 3.8) is 0 Å². The number of amides is 1. The van der Waals surface area contributed by atoms with E-state index in [1.807, 2.05) is 23.5 Å². The molecule has 0 saturated carbocycles. The van der Waals surface area contributed by atoms with Crippen LogP contribution in [-0.2, 0) is 0 Å². The maximum Gasteiger partial charge on any atom is 0.267 e. The average Bonchev–Trinajstić information content (AvgIpc) is 3.19. The molecule has 8 heteroatoms. The largest absolute Gasteiger partial charge is 0.352 e. The highest BCUT2D eigenvalue weighted by molar-refractivity contribution is 7.19. The topological polar surface area (TPSA) is 74.6 Å². The molecular weight excluding hydrogens is 324 g/mol. The van der Waals surface area contributed by atoms with Crippen molar-refractivity contribution in [1.29, 1.82) is 0 Å². The first-order valence-electron chi connectivity index (χ1n) is 7.87. The standard InChI is InChI=1S/C16H18N6OS/c1-11-14(24-13-9-18-10-22(11)13)16(23)20-12-3-2-4-19-15(12)21-7-5-17-6-8-21/h2-4,9-10,17H,5-8H2,1H3,(H,20,23).